The van der Waals surface area contributed by atoms with E-state index in [-0.39, 0.29) is 6.01 Å². The molecule has 0 unspecified atom stereocenters. The van der Waals surface area contributed by atoms with E-state index in [4.69, 9.17) is 9.47 Å². The van der Waals surface area contributed by atoms with E-state index in [0.717, 1.165) is 22.8 Å². The Balaban J connectivity index is 0.000000447. The molecule has 3 aromatic heterocycles. The number of aromatic nitrogens is 5. The van der Waals surface area contributed by atoms with Crippen LogP contribution < -0.4 is 9.47 Å². The predicted molar refractivity (Wildman–Crippen MR) is 99.6 cm³/mol. The molecule has 0 amide bonds. The largest absolute Gasteiger partial charge is 0.480 e. The molecule has 4 rings (SSSR count). The van der Waals surface area contributed by atoms with Crippen LogP contribution in [0.2, 0.25) is 0 Å². The Bertz CT molecular complexity index is 884. The van der Waals surface area contributed by atoms with Crippen molar-refractivity contribution in [3.05, 3.63) is 30.2 Å². The van der Waals surface area contributed by atoms with Gasteiger partial charge in [-0.2, -0.15) is 10.1 Å². The normalized spacial score (nSPS) is 13.5. The van der Waals surface area contributed by atoms with Gasteiger partial charge in [-0.25, -0.2) is 14.5 Å². The van der Waals surface area contributed by atoms with Crippen LogP contribution in [0.25, 0.3) is 16.9 Å². The molecule has 7 heteroatoms. The SMILES string of the molecule is CC(C)C.COc1ncc(-c2cc(C3CC3)c3nccn3n2)c(OC)n1. The summed E-state index contributed by atoms with van der Waals surface area (Å²) >= 11 is 0. The van der Waals surface area contributed by atoms with Crippen molar-refractivity contribution in [2.75, 3.05) is 14.2 Å². The van der Waals surface area contributed by atoms with Crippen LogP contribution in [-0.4, -0.2) is 38.8 Å². The van der Waals surface area contributed by atoms with Crippen LogP contribution in [0.4, 0.5) is 0 Å². The third kappa shape index (κ3) is 3.92. The minimum atomic E-state index is 0.270. The average molecular weight is 355 g/mol. The Hall–Kier alpha value is -2.70. The highest BCUT2D eigenvalue weighted by Gasteiger charge is 2.28. The number of hydrogen-bond donors (Lipinski definition) is 0. The van der Waals surface area contributed by atoms with Gasteiger partial charge in [0.25, 0.3) is 0 Å². The Morgan fingerprint density at radius 3 is 2.46 bits per heavy atom. The standard InChI is InChI=1S/C15H15N5O2.C4H10/c1-21-14-11(8-17-15(18-14)22-2)12-7-10(9-3-4-9)13-16-5-6-20(13)19-12;1-4(2)3/h5-9H,3-4H2,1-2H3;4H,1-3H3. The molecule has 7 nitrogen and oxygen atoms in total. The molecular weight excluding hydrogens is 330 g/mol. The highest BCUT2D eigenvalue weighted by molar-refractivity contribution is 5.67. The van der Waals surface area contributed by atoms with Gasteiger partial charge in [-0.15, -0.1) is 0 Å². The second-order valence-corrected chi connectivity index (χ2v) is 6.97. The Kier molecular flexibility index (Phi) is 5.35. The van der Waals surface area contributed by atoms with Gasteiger partial charge in [0.05, 0.1) is 25.5 Å². The summed E-state index contributed by atoms with van der Waals surface area (Å²) < 4.78 is 12.2. The lowest BCUT2D eigenvalue weighted by molar-refractivity contribution is 0.353. The first-order chi connectivity index (χ1) is 12.5. The summed E-state index contributed by atoms with van der Waals surface area (Å²) in [6.45, 7) is 6.50. The number of rotatable bonds is 4. The lowest BCUT2D eigenvalue weighted by Crippen LogP contribution is -2.02. The summed E-state index contributed by atoms with van der Waals surface area (Å²) in [6.07, 6.45) is 7.68. The molecule has 26 heavy (non-hydrogen) atoms. The molecule has 1 saturated carbocycles. The van der Waals surface area contributed by atoms with E-state index in [2.05, 4.69) is 46.9 Å². The van der Waals surface area contributed by atoms with Crippen LogP contribution in [-0.2, 0) is 0 Å². The second kappa shape index (κ2) is 7.68. The molecule has 0 aliphatic heterocycles. The van der Waals surface area contributed by atoms with Crippen molar-refractivity contribution in [3.8, 4) is 23.1 Å². The minimum Gasteiger partial charge on any atom is -0.480 e. The summed E-state index contributed by atoms with van der Waals surface area (Å²) in [5.74, 6) is 1.84. The van der Waals surface area contributed by atoms with Crippen molar-refractivity contribution in [2.24, 2.45) is 5.92 Å². The van der Waals surface area contributed by atoms with Gasteiger partial charge in [-0.05, 0) is 30.7 Å². The second-order valence-electron chi connectivity index (χ2n) is 6.97. The molecule has 3 aromatic rings. The maximum Gasteiger partial charge on any atom is 0.319 e. The van der Waals surface area contributed by atoms with Crippen molar-refractivity contribution in [3.63, 3.8) is 0 Å². The van der Waals surface area contributed by atoms with Gasteiger partial charge in [0.2, 0.25) is 5.88 Å². The molecule has 0 N–H and O–H groups in total. The minimum absolute atomic E-state index is 0.270. The highest BCUT2D eigenvalue weighted by atomic mass is 16.5. The number of ether oxygens (including phenoxy) is 2. The summed E-state index contributed by atoms with van der Waals surface area (Å²) in [4.78, 5) is 12.8. The van der Waals surface area contributed by atoms with Crippen LogP contribution in [0.3, 0.4) is 0 Å². The van der Waals surface area contributed by atoms with Gasteiger partial charge in [0.15, 0.2) is 5.65 Å². The summed E-state index contributed by atoms with van der Waals surface area (Å²) in [5, 5.41) is 4.59. The quantitative estimate of drug-likeness (QED) is 0.710. The molecule has 3 heterocycles. The van der Waals surface area contributed by atoms with Crippen molar-refractivity contribution in [1.82, 2.24) is 24.6 Å². The Morgan fingerprint density at radius 2 is 1.85 bits per heavy atom. The van der Waals surface area contributed by atoms with Gasteiger partial charge < -0.3 is 9.47 Å². The zero-order valence-electron chi connectivity index (χ0n) is 15.9. The van der Waals surface area contributed by atoms with Crippen LogP contribution in [0.5, 0.6) is 11.9 Å². The Labute approximate surface area is 153 Å². The topological polar surface area (TPSA) is 74.4 Å². The van der Waals surface area contributed by atoms with Gasteiger partial charge >= 0.3 is 6.01 Å². The van der Waals surface area contributed by atoms with E-state index < -0.39 is 0 Å². The van der Waals surface area contributed by atoms with Crippen LogP contribution in [0, 0.1) is 5.92 Å². The van der Waals surface area contributed by atoms with E-state index in [1.54, 1.807) is 24.0 Å². The fourth-order valence-corrected chi connectivity index (χ4v) is 2.55. The number of imidazole rings is 1. The fraction of sp³-hybridized carbons (Fsp3) is 0.474. The first-order valence-electron chi connectivity index (χ1n) is 8.83. The zero-order chi connectivity index (χ0) is 18.7. The first-order valence-corrected chi connectivity index (χ1v) is 8.83. The van der Waals surface area contributed by atoms with E-state index in [0.29, 0.717) is 11.8 Å². The number of methoxy groups -OCH3 is 2. The third-order valence-corrected chi connectivity index (χ3v) is 3.79. The lowest BCUT2D eigenvalue weighted by Gasteiger charge is -2.10. The maximum absolute atomic E-state index is 5.36. The average Bonchev–Trinajstić information content (AvgIpc) is 3.36. The number of hydrogen-bond acceptors (Lipinski definition) is 6. The molecule has 0 spiro atoms. The number of nitrogens with zero attached hydrogens (tertiary/aromatic N) is 5. The molecule has 138 valence electrons. The van der Waals surface area contributed by atoms with E-state index in [9.17, 15) is 0 Å². The van der Waals surface area contributed by atoms with Gasteiger partial charge in [-0.1, -0.05) is 20.8 Å². The van der Waals surface area contributed by atoms with Crippen molar-refractivity contribution in [2.45, 2.75) is 39.5 Å². The molecule has 0 saturated heterocycles. The predicted octanol–water partition coefficient (Wildman–Crippen LogP) is 3.74. The van der Waals surface area contributed by atoms with E-state index >= 15 is 0 Å². The van der Waals surface area contributed by atoms with Gasteiger partial charge in [0, 0.05) is 24.2 Å². The highest BCUT2D eigenvalue weighted by Crippen LogP contribution is 2.42. The smallest absolute Gasteiger partial charge is 0.319 e. The third-order valence-electron chi connectivity index (χ3n) is 3.79. The van der Waals surface area contributed by atoms with Crippen molar-refractivity contribution in [1.29, 1.82) is 0 Å². The zero-order valence-corrected chi connectivity index (χ0v) is 15.9. The van der Waals surface area contributed by atoms with Gasteiger partial charge in [0.1, 0.15) is 0 Å². The summed E-state index contributed by atoms with van der Waals surface area (Å²) in [6, 6.07) is 2.33. The lowest BCUT2D eigenvalue weighted by atomic mass is 10.1. The number of fused-ring (bicyclic) bond motifs is 1. The molecule has 0 bridgehead atoms. The van der Waals surface area contributed by atoms with Crippen LogP contribution >= 0.6 is 0 Å². The van der Waals surface area contributed by atoms with E-state index in [1.165, 1.54) is 25.5 Å². The molecule has 0 atom stereocenters. The molecule has 0 radical (unpaired) electrons. The molecule has 1 aliphatic carbocycles. The fourth-order valence-electron chi connectivity index (χ4n) is 2.55. The van der Waals surface area contributed by atoms with Crippen molar-refractivity contribution >= 4 is 5.65 Å². The Morgan fingerprint density at radius 1 is 1.12 bits per heavy atom. The van der Waals surface area contributed by atoms with Gasteiger partial charge in [-0.3, -0.25) is 0 Å². The monoisotopic (exact) mass is 355 g/mol. The molecule has 1 aliphatic rings. The molecular formula is C19H25N5O2. The molecule has 1 fully saturated rings. The molecule has 0 aromatic carbocycles. The maximum atomic E-state index is 5.36. The first kappa shape index (κ1) is 18.1. The summed E-state index contributed by atoms with van der Waals surface area (Å²) in [7, 11) is 3.10. The summed E-state index contributed by atoms with van der Waals surface area (Å²) in [5.41, 5.74) is 3.64. The van der Waals surface area contributed by atoms with Crippen molar-refractivity contribution < 1.29 is 9.47 Å². The van der Waals surface area contributed by atoms with Crippen LogP contribution in [0.1, 0.15) is 45.1 Å². The van der Waals surface area contributed by atoms with Crippen LogP contribution in [0.15, 0.2) is 24.7 Å². The van der Waals surface area contributed by atoms with E-state index in [1.807, 2.05) is 6.20 Å².